The van der Waals surface area contributed by atoms with Crippen molar-refractivity contribution in [1.29, 1.82) is 0 Å². The van der Waals surface area contributed by atoms with Crippen LogP contribution >= 0.6 is 0 Å². The Bertz CT molecular complexity index is 1360. The molecule has 9 heteroatoms. The van der Waals surface area contributed by atoms with E-state index in [-0.39, 0.29) is 24.8 Å². The molecule has 1 N–H and O–H groups in total. The predicted molar refractivity (Wildman–Crippen MR) is 159 cm³/mol. The van der Waals surface area contributed by atoms with Crippen molar-refractivity contribution >= 4 is 27.5 Å². The smallest absolute Gasteiger partial charge is 0.244 e. The van der Waals surface area contributed by atoms with Crippen LogP contribution in [0.1, 0.15) is 30.5 Å². The average Bonchev–Trinajstić information content (AvgIpc) is 2.93. The molecule has 0 bridgehead atoms. The number of nitrogens with zero attached hydrogens (tertiary/aromatic N) is 2. The number of hydrogen-bond donors (Lipinski definition) is 1. The largest absolute Gasteiger partial charge is 0.497 e. The highest BCUT2D eigenvalue weighted by Gasteiger charge is 2.33. The minimum absolute atomic E-state index is 0.145. The molecule has 0 aliphatic rings. The first kappa shape index (κ1) is 30.7. The van der Waals surface area contributed by atoms with Crippen molar-refractivity contribution in [2.45, 2.75) is 39.8 Å². The summed E-state index contributed by atoms with van der Waals surface area (Å²) in [5.74, 6) is 0.0171. The number of anilines is 1. The van der Waals surface area contributed by atoms with Crippen LogP contribution in [-0.4, -0.2) is 57.6 Å². The second-order valence-electron chi connectivity index (χ2n) is 10.3. The van der Waals surface area contributed by atoms with Crippen molar-refractivity contribution in [3.05, 3.63) is 95.6 Å². The molecule has 3 aromatic carbocycles. The molecule has 3 aromatic rings. The molecule has 0 saturated heterocycles. The number of nitrogens with one attached hydrogen (secondary N) is 1. The van der Waals surface area contributed by atoms with Gasteiger partial charge in [0.25, 0.3) is 0 Å². The third-order valence-corrected chi connectivity index (χ3v) is 7.61. The summed E-state index contributed by atoms with van der Waals surface area (Å²) in [6, 6.07) is 22.8. The zero-order chi connectivity index (χ0) is 29.3. The first-order valence-electron chi connectivity index (χ1n) is 13.3. The standard InChI is InChI=1S/C31H39N3O5S/c1-23(2)20-32-31(36)29(19-25-9-7-6-8-10-25)33(21-26-13-11-24(3)12-14-26)30(35)22-34(40(5,37)38)27-15-17-28(39-4)18-16-27/h6-18,23,29H,19-22H2,1-5H3,(H,32,36)/t29-/m0/s1. The van der Waals surface area contributed by atoms with E-state index in [9.17, 15) is 18.0 Å². The number of amides is 2. The van der Waals surface area contributed by atoms with Crippen LogP contribution in [-0.2, 0) is 32.6 Å². The minimum Gasteiger partial charge on any atom is -0.497 e. The van der Waals surface area contributed by atoms with Crippen LogP contribution in [0.4, 0.5) is 5.69 Å². The van der Waals surface area contributed by atoms with Gasteiger partial charge in [0.2, 0.25) is 21.8 Å². The summed E-state index contributed by atoms with van der Waals surface area (Å²) in [7, 11) is -2.31. The second kappa shape index (κ2) is 14.0. The van der Waals surface area contributed by atoms with Gasteiger partial charge >= 0.3 is 0 Å². The van der Waals surface area contributed by atoms with E-state index in [0.29, 0.717) is 18.0 Å². The lowest BCUT2D eigenvalue weighted by Crippen LogP contribution is -2.53. The number of ether oxygens (including phenoxy) is 1. The number of methoxy groups -OCH3 is 1. The molecule has 0 spiro atoms. The lowest BCUT2D eigenvalue weighted by atomic mass is 10.0. The van der Waals surface area contributed by atoms with Gasteiger partial charge in [-0.2, -0.15) is 0 Å². The summed E-state index contributed by atoms with van der Waals surface area (Å²) < 4.78 is 32.0. The van der Waals surface area contributed by atoms with Gasteiger partial charge in [0, 0.05) is 19.5 Å². The van der Waals surface area contributed by atoms with E-state index >= 15 is 0 Å². The molecule has 1 atom stereocenters. The number of carbonyl (C=O) groups excluding carboxylic acids is 2. The molecule has 0 aliphatic carbocycles. The van der Waals surface area contributed by atoms with Gasteiger partial charge in [0.1, 0.15) is 18.3 Å². The van der Waals surface area contributed by atoms with Crippen LogP contribution in [0.5, 0.6) is 5.75 Å². The highest BCUT2D eigenvalue weighted by atomic mass is 32.2. The van der Waals surface area contributed by atoms with Gasteiger partial charge in [-0.3, -0.25) is 13.9 Å². The van der Waals surface area contributed by atoms with Crippen molar-refractivity contribution in [3.8, 4) is 5.75 Å². The predicted octanol–water partition coefficient (Wildman–Crippen LogP) is 4.18. The normalized spacial score (nSPS) is 12.1. The maximum absolute atomic E-state index is 14.1. The highest BCUT2D eigenvalue weighted by Crippen LogP contribution is 2.23. The molecular weight excluding hydrogens is 526 g/mol. The van der Waals surface area contributed by atoms with Crippen molar-refractivity contribution in [2.75, 3.05) is 30.8 Å². The summed E-state index contributed by atoms with van der Waals surface area (Å²) >= 11 is 0. The zero-order valence-corrected chi connectivity index (χ0v) is 24.6. The van der Waals surface area contributed by atoms with Crippen LogP contribution in [0.3, 0.4) is 0 Å². The molecule has 214 valence electrons. The van der Waals surface area contributed by atoms with Crippen LogP contribution in [0.25, 0.3) is 0 Å². The van der Waals surface area contributed by atoms with E-state index in [1.54, 1.807) is 24.3 Å². The fourth-order valence-electron chi connectivity index (χ4n) is 4.23. The number of sulfonamides is 1. The van der Waals surface area contributed by atoms with E-state index in [4.69, 9.17) is 4.74 Å². The van der Waals surface area contributed by atoms with E-state index in [1.165, 1.54) is 12.0 Å². The maximum Gasteiger partial charge on any atom is 0.244 e. The summed E-state index contributed by atoms with van der Waals surface area (Å²) in [6.07, 6.45) is 1.34. The van der Waals surface area contributed by atoms with Gasteiger partial charge in [-0.15, -0.1) is 0 Å². The number of benzene rings is 3. The molecule has 0 aliphatic heterocycles. The Morgan fingerprint density at radius 3 is 2.08 bits per heavy atom. The van der Waals surface area contributed by atoms with Crippen LogP contribution in [0, 0.1) is 12.8 Å². The summed E-state index contributed by atoms with van der Waals surface area (Å²) in [6.45, 7) is 6.12. The SMILES string of the molecule is COc1ccc(N(CC(=O)N(Cc2ccc(C)cc2)[C@@H](Cc2ccccc2)C(=O)NCC(C)C)S(C)(=O)=O)cc1. The Balaban J connectivity index is 2.03. The molecule has 0 radical (unpaired) electrons. The van der Waals surface area contributed by atoms with E-state index in [1.807, 2.05) is 75.4 Å². The zero-order valence-electron chi connectivity index (χ0n) is 23.8. The fraction of sp³-hybridized carbons (Fsp3) is 0.355. The molecule has 40 heavy (non-hydrogen) atoms. The quantitative estimate of drug-likeness (QED) is 0.336. The molecule has 0 heterocycles. The molecule has 0 fully saturated rings. The van der Waals surface area contributed by atoms with Crippen molar-refractivity contribution in [2.24, 2.45) is 5.92 Å². The molecule has 0 unspecified atom stereocenters. The summed E-state index contributed by atoms with van der Waals surface area (Å²) in [5.41, 5.74) is 3.13. The first-order valence-corrected chi connectivity index (χ1v) is 15.1. The highest BCUT2D eigenvalue weighted by molar-refractivity contribution is 7.92. The number of aryl methyl sites for hydroxylation is 1. The van der Waals surface area contributed by atoms with Gasteiger partial charge in [-0.05, 0) is 48.2 Å². The Kier molecular flexibility index (Phi) is 10.7. The van der Waals surface area contributed by atoms with Crippen LogP contribution in [0.2, 0.25) is 0 Å². The number of carbonyl (C=O) groups is 2. The fourth-order valence-corrected chi connectivity index (χ4v) is 5.08. The third-order valence-electron chi connectivity index (χ3n) is 6.47. The molecule has 0 saturated carbocycles. The Morgan fingerprint density at radius 1 is 0.900 bits per heavy atom. The van der Waals surface area contributed by atoms with Crippen molar-refractivity contribution in [3.63, 3.8) is 0 Å². The maximum atomic E-state index is 14.1. The number of hydrogen-bond acceptors (Lipinski definition) is 5. The topological polar surface area (TPSA) is 96.0 Å². The van der Waals surface area contributed by atoms with Gasteiger partial charge < -0.3 is 15.0 Å². The van der Waals surface area contributed by atoms with Crippen molar-refractivity contribution in [1.82, 2.24) is 10.2 Å². The summed E-state index contributed by atoms with van der Waals surface area (Å²) in [4.78, 5) is 29.2. The van der Waals surface area contributed by atoms with Gasteiger partial charge in [-0.25, -0.2) is 8.42 Å². The Morgan fingerprint density at radius 2 is 1.52 bits per heavy atom. The van der Waals surface area contributed by atoms with Gasteiger partial charge in [0.15, 0.2) is 0 Å². The average molecular weight is 566 g/mol. The van der Waals surface area contributed by atoms with Crippen LogP contribution < -0.4 is 14.4 Å². The Hall–Kier alpha value is -3.85. The monoisotopic (exact) mass is 565 g/mol. The summed E-state index contributed by atoms with van der Waals surface area (Å²) in [5, 5.41) is 2.98. The van der Waals surface area contributed by atoms with E-state index < -0.39 is 28.5 Å². The lowest BCUT2D eigenvalue weighted by molar-refractivity contribution is -0.140. The lowest BCUT2D eigenvalue weighted by Gasteiger charge is -2.33. The van der Waals surface area contributed by atoms with Crippen molar-refractivity contribution < 1.29 is 22.7 Å². The molecular formula is C31H39N3O5S. The van der Waals surface area contributed by atoms with Crippen LogP contribution in [0.15, 0.2) is 78.9 Å². The Labute approximate surface area is 238 Å². The number of rotatable bonds is 13. The molecule has 2 amide bonds. The third kappa shape index (κ3) is 8.84. The molecule has 3 rings (SSSR count). The van der Waals surface area contributed by atoms with E-state index in [2.05, 4.69) is 5.32 Å². The molecule has 8 nitrogen and oxygen atoms in total. The first-order chi connectivity index (χ1) is 19.0. The van der Waals surface area contributed by atoms with E-state index in [0.717, 1.165) is 27.3 Å². The minimum atomic E-state index is -3.83. The second-order valence-corrected chi connectivity index (χ2v) is 12.2. The molecule has 0 aromatic heterocycles. The van der Waals surface area contributed by atoms with Gasteiger partial charge in [-0.1, -0.05) is 74.0 Å². The van der Waals surface area contributed by atoms with Gasteiger partial charge in [0.05, 0.1) is 19.1 Å².